The average Bonchev–Trinajstić information content (AvgIpc) is 2.24. The molecule has 1 aromatic carbocycles. The largest absolute Gasteiger partial charge is 0.496 e. The summed E-state index contributed by atoms with van der Waals surface area (Å²) in [5.74, 6) is 0.463. The molecule has 18 heavy (non-hydrogen) atoms. The molecule has 0 heterocycles. The van der Waals surface area contributed by atoms with Gasteiger partial charge in [-0.3, -0.25) is 0 Å². The van der Waals surface area contributed by atoms with Gasteiger partial charge in [0, 0.05) is 15.6 Å². The van der Waals surface area contributed by atoms with Gasteiger partial charge in [-0.25, -0.2) is 0 Å². The lowest BCUT2D eigenvalue weighted by Gasteiger charge is -2.21. The van der Waals surface area contributed by atoms with Crippen LogP contribution >= 0.6 is 15.9 Å². The van der Waals surface area contributed by atoms with Gasteiger partial charge < -0.3 is 4.74 Å². The van der Waals surface area contributed by atoms with Gasteiger partial charge in [0.15, 0.2) is 0 Å². The van der Waals surface area contributed by atoms with Gasteiger partial charge in [0.05, 0.1) is 7.11 Å². The van der Waals surface area contributed by atoms with Crippen molar-refractivity contribution >= 4 is 21.5 Å². The first-order chi connectivity index (χ1) is 8.24. The van der Waals surface area contributed by atoms with Gasteiger partial charge in [0.1, 0.15) is 5.75 Å². The highest BCUT2D eigenvalue weighted by Crippen LogP contribution is 2.38. The molecular formula is C14H17BrF2O. The van der Waals surface area contributed by atoms with Crippen LogP contribution in [0.2, 0.25) is 0 Å². The molecule has 0 aromatic heterocycles. The minimum Gasteiger partial charge on any atom is -0.496 e. The van der Waals surface area contributed by atoms with Crippen molar-refractivity contribution in [3.05, 3.63) is 34.3 Å². The number of hydrogen-bond acceptors (Lipinski definition) is 1. The SMILES string of the molecule is COc1ccc(Br)cc1C(CC(C)(C)C)=C(F)F. The second-order valence-electron chi connectivity index (χ2n) is 5.32. The Kier molecular flexibility index (Phi) is 4.91. The summed E-state index contributed by atoms with van der Waals surface area (Å²) in [6.07, 6.45) is -1.36. The maximum Gasteiger partial charge on any atom is 0.274 e. The van der Waals surface area contributed by atoms with E-state index in [1.807, 2.05) is 20.8 Å². The van der Waals surface area contributed by atoms with E-state index in [-0.39, 0.29) is 11.0 Å². The Morgan fingerprint density at radius 2 is 1.89 bits per heavy atom. The molecule has 0 fully saturated rings. The fourth-order valence-corrected chi connectivity index (χ4v) is 2.07. The first-order valence-corrected chi connectivity index (χ1v) is 6.42. The highest BCUT2D eigenvalue weighted by Gasteiger charge is 2.21. The van der Waals surface area contributed by atoms with Crippen LogP contribution in [0.3, 0.4) is 0 Å². The molecule has 0 aliphatic rings. The van der Waals surface area contributed by atoms with Crippen molar-refractivity contribution in [2.24, 2.45) is 5.41 Å². The number of halogens is 3. The van der Waals surface area contributed by atoms with E-state index < -0.39 is 6.08 Å². The van der Waals surface area contributed by atoms with Crippen LogP contribution in [0, 0.1) is 5.41 Å². The number of ether oxygens (including phenoxy) is 1. The minimum atomic E-state index is -1.65. The zero-order valence-electron chi connectivity index (χ0n) is 11.0. The molecular weight excluding hydrogens is 302 g/mol. The maximum atomic E-state index is 13.2. The molecule has 100 valence electrons. The minimum absolute atomic E-state index is 0.0423. The van der Waals surface area contributed by atoms with Crippen LogP contribution < -0.4 is 4.74 Å². The van der Waals surface area contributed by atoms with E-state index in [1.54, 1.807) is 18.2 Å². The summed E-state index contributed by atoms with van der Waals surface area (Å²) in [5.41, 5.74) is 0.272. The Labute approximate surface area is 115 Å². The number of hydrogen-bond donors (Lipinski definition) is 0. The van der Waals surface area contributed by atoms with Gasteiger partial charge in [-0.05, 0) is 30.0 Å². The Bertz CT molecular complexity index is 457. The fourth-order valence-electron chi connectivity index (χ4n) is 1.71. The van der Waals surface area contributed by atoms with Gasteiger partial charge in [-0.1, -0.05) is 36.7 Å². The van der Waals surface area contributed by atoms with Gasteiger partial charge >= 0.3 is 0 Å². The lowest BCUT2D eigenvalue weighted by Crippen LogP contribution is -2.07. The lowest BCUT2D eigenvalue weighted by molar-refractivity contribution is 0.387. The molecule has 0 aliphatic carbocycles. The molecule has 0 amide bonds. The quantitative estimate of drug-likeness (QED) is 0.714. The van der Waals surface area contributed by atoms with Gasteiger partial charge in [-0.15, -0.1) is 0 Å². The summed E-state index contributed by atoms with van der Waals surface area (Å²) >= 11 is 3.30. The standard InChI is InChI=1S/C14H17BrF2O/c1-14(2,3)8-11(13(16)17)10-7-9(15)5-6-12(10)18-4/h5-7H,8H2,1-4H3. The monoisotopic (exact) mass is 318 g/mol. The molecule has 1 nitrogen and oxygen atoms in total. The van der Waals surface area contributed by atoms with Crippen LogP contribution in [-0.4, -0.2) is 7.11 Å². The molecule has 4 heteroatoms. The van der Waals surface area contributed by atoms with E-state index in [2.05, 4.69) is 15.9 Å². The normalized spacial score (nSPS) is 11.3. The van der Waals surface area contributed by atoms with Crippen molar-refractivity contribution < 1.29 is 13.5 Å². The Balaban J connectivity index is 3.31. The summed E-state index contributed by atoms with van der Waals surface area (Å²) in [5, 5.41) is 0. The molecule has 0 N–H and O–H groups in total. The van der Waals surface area contributed by atoms with Crippen molar-refractivity contribution in [2.45, 2.75) is 27.2 Å². The Hall–Kier alpha value is -0.900. The Morgan fingerprint density at radius 1 is 1.28 bits per heavy atom. The Morgan fingerprint density at radius 3 is 2.33 bits per heavy atom. The van der Waals surface area contributed by atoms with Crippen molar-refractivity contribution in [2.75, 3.05) is 7.11 Å². The van der Waals surface area contributed by atoms with Crippen LogP contribution in [0.1, 0.15) is 32.8 Å². The third-order valence-electron chi connectivity index (χ3n) is 2.42. The summed E-state index contributed by atoms with van der Waals surface area (Å²) in [4.78, 5) is 0. The van der Waals surface area contributed by atoms with Crippen LogP contribution in [-0.2, 0) is 0 Å². The molecule has 0 atom stereocenters. The molecule has 0 saturated heterocycles. The molecule has 0 spiro atoms. The third kappa shape index (κ3) is 4.09. The molecule has 0 radical (unpaired) electrons. The molecule has 1 aromatic rings. The van der Waals surface area contributed by atoms with Crippen LogP contribution in [0.5, 0.6) is 5.75 Å². The van der Waals surface area contributed by atoms with Crippen molar-refractivity contribution in [3.63, 3.8) is 0 Å². The number of allylic oxidation sites excluding steroid dienone is 1. The molecule has 0 unspecified atom stereocenters. The van der Waals surface area contributed by atoms with Crippen LogP contribution in [0.25, 0.3) is 5.57 Å². The van der Waals surface area contributed by atoms with Crippen molar-refractivity contribution in [1.29, 1.82) is 0 Å². The predicted octanol–water partition coefficient (Wildman–Crippen LogP) is 5.50. The molecule has 0 bridgehead atoms. The first-order valence-electron chi connectivity index (χ1n) is 5.62. The molecule has 1 rings (SSSR count). The fraction of sp³-hybridized carbons (Fsp3) is 0.429. The lowest BCUT2D eigenvalue weighted by atomic mass is 9.85. The van der Waals surface area contributed by atoms with E-state index in [9.17, 15) is 8.78 Å². The average molecular weight is 319 g/mol. The number of methoxy groups -OCH3 is 1. The van der Waals surface area contributed by atoms with Gasteiger partial charge in [0.2, 0.25) is 0 Å². The summed E-state index contributed by atoms with van der Waals surface area (Å²) in [6, 6.07) is 5.12. The van der Waals surface area contributed by atoms with E-state index in [0.717, 1.165) is 4.47 Å². The highest BCUT2D eigenvalue weighted by atomic mass is 79.9. The van der Waals surface area contributed by atoms with E-state index in [0.29, 0.717) is 17.7 Å². The van der Waals surface area contributed by atoms with Gasteiger partial charge in [-0.2, -0.15) is 8.78 Å². The zero-order valence-corrected chi connectivity index (χ0v) is 12.6. The second kappa shape index (κ2) is 5.83. The summed E-state index contributed by atoms with van der Waals surface area (Å²) in [7, 11) is 1.48. The van der Waals surface area contributed by atoms with Gasteiger partial charge in [0.25, 0.3) is 6.08 Å². The van der Waals surface area contributed by atoms with Crippen molar-refractivity contribution in [1.82, 2.24) is 0 Å². The van der Waals surface area contributed by atoms with Crippen molar-refractivity contribution in [3.8, 4) is 5.75 Å². The maximum absolute atomic E-state index is 13.2. The zero-order chi connectivity index (χ0) is 13.9. The third-order valence-corrected chi connectivity index (χ3v) is 2.92. The smallest absolute Gasteiger partial charge is 0.274 e. The summed E-state index contributed by atoms with van der Waals surface area (Å²) < 4.78 is 32.3. The number of rotatable bonds is 3. The van der Waals surface area contributed by atoms with Crippen LogP contribution in [0.4, 0.5) is 8.78 Å². The molecule has 0 aliphatic heterocycles. The van der Waals surface area contributed by atoms with E-state index in [4.69, 9.17) is 4.74 Å². The highest BCUT2D eigenvalue weighted by molar-refractivity contribution is 9.10. The van der Waals surface area contributed by atoms with Crippen LogP contribution in [0.15, 0.2) is 28.8 Å². The predicted molar refractivity (Wildman–Crippen MR) is 73.9 cm³/mol. The first kappa shape index (κ1) is 15.2. The van der Waals surface area contributed by atoms with E-state index in [1.165, 1.54) is 7.11 Å². The number of benzene rings is 1. The van der Waals surface area contributed by atoms with E-state index >= 15 is 0 Å². The topological polar surface area (TPSA) is 9.23 Å². The second-order valence-corrected chi connectivity index (χ2v) is 6.24. The summed E-state index contributed by atoms with van der Waals surface area (Å²) in [6.45, 7) is 5.79. The molecule has 0 saturated carbocycles.